The molecule has 0 radical (unpaired) electrons. The van der Waals surface area contributed by atoms with Gasteiger partial charge in [-0.3, -0.25) is 4.98 Å². The highest BCUT2D eigenvalue weighted by Crippen LogP contribution is 2.22. The van der Waals surface area contributed by atoms with E-state index in [-0.39, 0.29) is 0 Å². The second-order valence-electron chi connectivity index (χ2n) is 3.53. The van der Waals surface area contributed by atoms with Crippen molar-refractivity contribution in [2.75, 3.05) is 11.9 Å². The zero-order chi connectivity index (χ0) is 11.4. The van der Waals surface area contributed by atoms with Crippen LogP contribution in [0.2, 0.25) is 0 Å². The van der Waals surface area contributed by atoms with Gasteiger partial charge in [0.25, 0.3) is 0 Å². The Labute approximate surface area is 103 Å². The Morgan fingerprint density at radius 2 is 2.06 bits per heavy atom. The maximum absolute atomic E-state index is 4.33. The summed E-state index contributed by atoms with van der Waals surface area (Å²) in [6, 6.07) is 7.89. The molecule has 0 aliphatic carbocycles. The lowest BCUT2D eigenvalue weighted by molar-refractivity contribution is 0.888. The second kappa shape index (κ2) is 5.07. The number of hydrogen-bond acceptors (Lipinski definition) is 3. The minimum absolute atomic E-state index is 0.795. The van der Waals surface area contributed by atoms with Gasteiger partial charge in [-0.15, -0.1) is 0 Å². The fraction of sp³-hybridized carbons (Fsp3) is 0.167. The van der Waals surface area contributed by atoms with Crippen LogP contribution in [0.15, 0.2) is 47.3 Å². The quantitative estimate of drug-likeness (QED) is 0.864. The van der Waals surface area contributed by atoms with Crippen molar-refractivity contribution in [3.05, 3.63) is 52.9 Å². The van der Waals surface area contributed by atoms with Gasteiger partial charge in [0.2, 0.25) is 0 Å². The Balaban J connectivity index is 2.15. The number of hydrogen-bond donors (Lipinski definition) is 0. The Hall–Kier alpha value is -1.42. The van der Waals surface area contributed by atoms with Crippen molar-refractivity contribution < 1.29 is 0 Å². The summed E-state index contributed by atoms with van der Waals surface area (Å²) < 4.78 is 1.00. The first-order chi connectivity index (χ1) is 7.77. The zero-order valence-electron chi connectivity index (χ0n) is 8.97. The molecule has 2 rings (SSSR count). The van der Waals surface area contributed by atoms with Crippen LogP contribution in [0.4, 0.5) is 5.82 Å². The van der Waals surface area contributed by atoms with Crippen molar-refractivity contribution in [3.63, 3.8) is 0 Å². The largest absolute Gasteiger partial charge is 0.354 e. The molecule has 2 heterocycles. The Kier molecular flexibility index (Phi) is 3.51. The van der Waals surface area contributed by atoms with Crippen molar-refractivity contribution in [1.29, 1.82) is 0 Å². The van der Waals surface area contributed by atoms with Crippen molar-refractivity contribution >= 4 is 21.7 Å². The molecular weight excluding hydrogens is 266 g/mol. The molecule has 0 fully saturated rings. The zero-order valence-corrected chi connectivity index (χ0v) is 10.6. The molecule has 0 saturated heterocycles. The Morgan fingerprint density at radius 1 is 1.25 bits per heavy atom. The molecule has 0 amide bonds. The molecule has 4 heteroatoms. The van der Waals surface area contributed by atoms with Crippen molar-refractivity contribution in [1.82, 2.24) is 9.97 Å². The topological polar surface area (TPSA) is 29.0 Å². The summed E-state index contributed by atoms with van der Waals surface area (Å²) in [5.74, 6) is 0.936. The highest BCUT2D eigenvalue weighted by molar-refractivity contribution is 9.10. The third kappa shape index (κ3) is 2.58. The van der Waals surface area contributed by atoms with E-state index >= 15 is 0 Å². The van der Waals surface area contributed by atoms with Gasteiger partial charge in [0.05, 0.1) is 4.47 Å². The lowest BCUT2D eigenvalue weighted by Gasteiger charge is -2.19. The van der Waals surface area contributed by atoms with Crippen LogP contribution in [0.1, 0.15) is 5.56 Å². The summed E-state index contributed by atoms with van der Waals surface area (Å²) in [6.45, 7) is 0.795. The van der Waals surface area contributed by atoms with Crippen LogP contribution in [0, 0.1) is 0 Å². The molecule has 0 N–H and O–H groups in total. The van der Waals surface area contributed by atoms with Crippen LogP contribution in [-0.2, 0) is 6.54 Å². The van der Waals surface area contributed by atoms with Crippen LogP contribution in [-0.4, -0.2) is 17.0 Å². The summed E-state index contributed by atoms with van der Waals surface area (Å²) in [5.41, 5.74) is 1.17. The molecule has 0 bridgehead atoms. The average Bonchev–Trinajstić information content (AvgIpc) is 2.31. The molecule has 0 aliphatic heterocycles. The Morgan fingerprint density at radius 3 is 2.75 bits per heavy atom. The molecule has 0 spiro atoms. The third-order valence-electron chi connectivity index (χ3n) is 2.24. The molecule has 0 atom stereocenters. The molecular formula is C12H12BrN3. The van der Waals surface area contributed by atoms with Gasteiger partial charge in [-0.2, -0.15) is 0 Å². The molecule has 2 aromatic rings. The molecule has 0 unspecified atom stereocenters. The van der Waals surface area contributed by atoms with Gasteiger partial charge in [-0.25, -0.2) is 4.98 Å². The number of anilines is 1. The number of rotatable bonds is 3. The number of nitrogens with zero attached hydrogens (tertiary/aromatic N) is 3. The van der Waals surface area contributed by atoms with Gasteiger partial charge in [0, 0.05) is 32.2 Å². The first-order valence-corrected chi connectivity index (χ1v) is 5.77. The normalized spacial score (nSPS) is 10.1. The maximum Gasteiger partial charge on any atom is 0.142 e. The minimum Gasteiger partial charge on any atom is -0.354 e. The van der Waals surface area contributed by atoms with E-state index in [0.29, 0.717) is 0 Å². The van der Waals surface area contributed by atoms with Crippen molar-refractivity contribution in [3.8, 4) is 0 Å². The lowest BCUT2D eigenvalue weighted by Crippen LogP contribution is -2.18. The van der Waals surface area contributed by atoms with E-state index in [1.165, 1.54) is 5.56 Å². The van der Waals surface area contributed by atoms with E-state index in [1.54, 1.807) is 12.4 Å². The smallest absolute Gasteiger partial charge is 0.142 e. The molecule has 0 aliphatic rings. The summed E-state index contributed by atoms with van der Waals surface area (Å²) in [5, 5.41) is 0. The first kappa shape index (κ1) is 11.1. The summed E-state index contributed by atoms with van der Waals surface area (Å²) >= 11 is 3.49. The van der Waals surface area contributed by atoms with Crippen LogP contribution >= 0.6 is 15.9 Å². The highest BCUT2D eigenvalue weighted by Gasteiger charge is 2.06. The van der Waals surface area contributed by atoms with Crippen LogP contribution in [0.3, 0.4) is 0 Å². The van der Waals surface area contributed by atoms with E-state index in [4.69, 9.17) is 0 Å². The van der Waals surface area contributed by atoms with Crippen LogP contribution < -0.4 is 4.90 Å². The molecule has 0 saturated carbocycles. The standard InChI is InChI=1S/C12H12BrN3/c1-16(9-10-4-2-6-14-8-10)12-11(13)5-3-7-15-12/h2-8H,9H2,1H3. The minimum atomic E-state index is 0.795. The van der Waals surface area contributed by atoms with Gasteiger partial charge >= 0.3 is 0 Å². The summed E-state index contributed by atoms with van der Waals surface area (Å²) in [4.78, 5) is 10.5. The molecule has 2 aromatic heterocycles. The highest BCUT2D eigenvalue weighted by atomic mass is 79.9. The maximum atomic E-state index is 4.33. The van der Waals surface area contributed by atoms with Gasteiger partial charge in [-0.05, 0) is 39.7 Å². The predicted molar refractivity (Wildman–Crippen MR) is 68.3 cm³/mol. The van der Waals surface area contributed by atoms with E-state index in [0.717, 1.165) is 16.8 Å². The SMILES string of the molecule is CN(Cc1cccnc1)c1ncccc1Br. The van der Waals surface area contributed by atoms with Gasteiger partial charge < -0.3 is 4.90 Å². The van der Waals surface area contributed by atoms with E-state index in [2.05, 4.69) is 36.9 Å². The third-order valence-corrected chi connectivity index (χ3v) is 2.86. The number of pyridine rings is 2. The second-order valence-corrected chi connectivity index (χ2v) is 4.38. The number of halogens is 1. The molecule has 16 heavy (non-hydrogen) atoms. The van der Waals surface area contributed by atoms with Gasteiger partial charge in [-0.1, -0.05) is 6.07 Å². The van der Waals surface area contributed by atoms with Crippen molar-refractivity contribution in [2.45, 2.75) is 6.54 Å². The van der Waals surface area contributed by atoms with E-state index in [9.17, 15) is 0 Å². The van der Waals surface area contributed by atoms with Crippen molar-refractivity contribution in [2.24, 2.45) is 0 Å². The fourth-order valence-corrected chi connectivity index (χ4v) is 2.06. The fourth-order valence-electron chi connectivity index (χ4n) is 1.50. The van der Waals surface area contributed by atoms with E-state index < -0.39 is 0 Å². The Bertz CT molecular complexity index is 459. The monoisotopic (exact) mass is 277 g/mol. The number of aromatic nitrogens is 2. The van der Waals surface area contributed by atoms with Gasteiger partial charge in [0.1, 0.15) is 5.82 Å². The summed E-state index contributed by atoms with van der Waals surface area (Å²) in [6.07, 6.45) is 5.44. The average molecular weight is 278 g/mol. The predicted octanol–water partition coefficient (Wildman–Crippen LogP) is 2.88. The lowest BCUT2D eigenvalue weighted by atomic mass is 10.2. The first-order valence-electron chi connectivity index (χ1n) is 4.98. The summed E-state index contributed by atoms with van der Waals surface area (Å²) in [7, 11) is 2.01. The van der Waals surface area contributed by atoms with Crippen LogP contribution in [0.5, 0.6) is 0 Å². The van der Waals surface area contributed by atoms with Crippen LogP contribution in [0.25, 0.3) is 0 Å². The molecule has 0 aromatic carbocycles. The molecule has 3 nitrogen and oxygen atoms in total. The molecule has 82 valence electrons. The van der Waals surface area contributed by atoms with Gasteiger partial charge in [0.15, 0.2) is 0 Å². The van der Waals surface area contributed by atoms with E-state index in [1.807, 2.05) is 31.4 Å².